The van der Waals surface area contributed by atoms with Gasteiger partial charge in [0.15, 0.2) is 6.61 Å². The number of carbonyl (C=O) groups excluding carboxylic acids is 1. The summed E-state index contributed by atoms with van der Waals surface area (Å²) in [6.07, 6.45) is 2.32. The standard InChI is InChI=1S/C17H20N2O2/c18-10-16(13-5-6-13)19-17(20)11-21-15-8-7-12-3-1-2-4-14(12)9-15/h1-4,7-9,13,16H,5-6,10-11,18H2,(H,19,20). The first-order valence-electron chi connectivity index (χ1n) is 7.37. The lowest BCUT2D eigenvalue weighted by Gasteiger charge is -2.16. The van der Waals surface area contributed by atoms with Crippen LogP contribution in [0.15, 0.2) is 42.5 Å². The van der Waals surface area contributed by atoms with Gasteiger partial charge in [-0.1, -0.05) is 30.3 Å². The third-order valence-corrected chi connectivity index (χ3v) is 3.88. The number of rotatable bonds is 6. The molecule has 110 valence electrons. The number of carbonyl (C=O) groups is 1. The van der Waals surface area contributed by atoms with Crippen LogP contribution < -0.4 is 15.8 Å². The fourth-order valence-electron chi connectivity index (χ4n) is 2.52. The molecule has 0 radical (unpaired) electrons. The first kappa shape index (κ1) is 13.9. The molecular weight excluding hydrogens is 264 g/mol. The van der Waals surface area contributed by atoms with Crippen molar-refractivity contribution >= 4 is 16.7 Å². The van der Waals surface area contributed by atoms with Gasteiger partial charge in [0.05, 0.1) is 0 Å². The van der Waals surface area contributed by atoms with Gasteiger partial charge in [0.2, 0.25) is 0 Å². The topological polar surface area (TPSA) is 64.3 Å². The van der Waals surface area contributed by atoms with Crippen molar-refractivity contribution in [3.63, 3.8) is 0 Å². The van der Waals surface area contributed by atoms with Gasteiger partial charge >= 0.3 is 0 Å². The molecule has 0 saturated heterocycles. The van der Waals surface area contributed by atoms with Gasteiger partial charge in [0.25, 0.3) is 5.91 Å². The molecule has 1 saturated carbocycles. The van der Waals surface area contributed by atoms with E-state index in [1.165, 1.54) is 0 Å². The first-order chi connectivity index (χ1) is 10.3. The minimum Gasteiger partial charge on any atom is -0.484 e. The highest BCUT2D eigenvalue weighted by molar-refractivity contribution is 5.84. The molecule has 0 bridgehead atoms. The van der Waals surface area contributed by atoms with Crippen molar-refractivity contribution in [2.75, 3.05) is 13.2 Å². The average Bonchev–Trinajstić information content (AvgIpc) is 3.35. The maximum Gasteiger partial charge on any atom is 0.258 e. The van der Waals surface area contributed by atoms with E-state index in [0.717, 1.165) is 23.6 Å². The second-order valence-corrected chi connectivity index (χ2v) is 5.54. The second kappa shape index (κ2) is 6.14. The zero-order valence-electron chi connectivity index (χ0n) is 11.9. The molecule has 0 aliphatic heterocycles. The van der Waals surface area contributed by atoms with Crippen LogP contribution in [0.5, 0.6) is 5.75 Å². The SMILES string of the molecule is NCC(NC(=O)COc1ccc2ccccc2c1)C1CC1. The summed E-state index contributed by atoms with van der Waals surface area (Å²) < 4.78 is 5.57. The number of ether oxygens (including phenoxy) is 1. The Morgan fingerprint density at radius 3 is 2.71 bits per heavy atom. The fraction of sp³-hybridized carbons (Fsp3) is 0.353. The van der Waals surface area contributed by atoms with Gasteiger partial charge in [-0.05, 0) is 41.7 Å². The number of benzene rings is 2. The van der Waals surface area contributed by atoms with Crippen LogP contribution in [0.1, 0.15) is 12.8 Å². The van der Waals surface area contributed by atoms with Crippen LogP contribution in [-0.4, -0.2) is 25.1 Å². The second-order valence-electron chi connectivity index (χ2n) is 5.54. The van der Waals surface area contributed by atoms with Crippen LogP contribution in [0.4, 0.5) is 0 Å². The lowest BCUT2D eigenvalue weighted by Crippen LogP contribution is -2.43. The van der Waals surface area contributed by atoms with Crippen molar-refractivity contribution in [1.82, 2.24) is 5.32 Å². The minimum atomic E-state index is -0.106. The lowest BCUT2D eigenvalue weighted by molar-refractivity contribution is -0.123. The average molecular weight is 284 g/mol. The maximum absolute atomic E-state index is 11.9. The van der Waals surface area contributed by atoms with Crippen molar-refractivity contribution in [3.05, 3.63) is 42.5 Å². The molecule has 0 aromatic heterocycles. The van der Waals surface area contributed by atoms with Gasteiger partial charge < -0.3 is 15.8 Å². The van der Waals surface area contributed by atoms with Gasteiger partial charge in [0, 0.05) is 12.6 Å². The van der Waals surface area contributed by atoms with Crippen LogP contribution in [0.3, 0.4) is 0 Å². The largest absolute Gasteiger partial charge is 0.484 e. The molecule has 1 aliphatic rings. The van der Waals surface area contributed by atoms with E-state index in [1.807, 2.05) is 42.5 Å². The van der Waals surface area contributed by atoms with Gasteiger partial charge in [-0.15, -0.1) is 0 Å². The summed E-state index contributed by atoms with van der Waals surface area (Å²) in [6, 6.07) is 14.0. The van der Waals surface area contributed by atoms with Crippen LogP contribution in [0.2, 0.25) is 0 Å². The number of nitrogens with two attached hydrogens (primary N) is 1. The van der Waals surface area contributed by atoms with E-state index in [2.05, 4.69) is 5.32 Å². The predicted octanol–water partition coefficient (Wildman–Crippen LogP) is 2.07. The molecule has 0 heterocycles. The molecule has 1 unspecified atom stereocenters. The normalized spacial score (nSPS) is 15.7. The maximum atomic E-state index is 11.9. The molecule has 2 aromatic rings. The predicted molar refractivity (Wildman–Crippen MR) is 83.2 cm³/mol. The Bertz CT molecular complexity index is 637. The van der Waals surface area contributed by atoms with E-state index < -0.39 is 0 Å². The van der Waals surface area contributed by atoms with Crippen LogP contribution >= 0.6 is 0 Å². The smallest absolute Gasteiger partial charge is 0.258 e. The summed E-state index contributed by atoms with van der Waals surface area (Å²) in [6.45, 7) is 0.522. The Hall–Kier alpha value is -2.07. The molecule has 1 aliphatic carbocycles. The molecule has 1 fully saturated rings. The number of amides is 1. The molecular formula is C17H20N2O2. The first-order valence-corrected chi connectivity index (χ1v) is 7.37. The highest BCUT2D eigenvalue weighted by Crippen LogP contribution is 2.32. The van der Waals surface area contributed by atoms with Gasteiger partial charge in [-0.2, -0.15) is 0 Å². The molecule has 21 heavy (non-hydrogen) atoms. The molecule has 3 N–H and O–H groups in total. The van der Waals surface area contributed by atoms with E-state index in [0.29, 0.717) is 18.2 Å². The quantitative estimate of drug-likeness (QED) is 0.853. The lowest BCUT2D eigenvalue weighted by atomic mass is 10.1. The fourth-order valence-corrected chi connectivity index (χ4v) is 2.52. The summed E-state index contributed by atoms with van der Waals surface area (Å²) in [5.41, 5.74) is 5.68. The van der Waals surface area contributed by atoms with E-state index in [1.54, 1.807) is 0 Å². The van der Waals surface area contributed by atoms with Gasteiger partial charge in [-0.25, -0.2) is 0 Å². The van der Waals surface area contributed by atoms with Crippen molar-refractivity contribution in [2.24, 2.45) is 11.7 Å². The van der Waals surface area contributed by atoms with Crippen LogP contribution in [-0.2, 0) is 4.79 Å². The Labute approximate surface area is 124 Å². The summed E-state index contributed by atoms with van der Waals surface area (Å²) in [7, 11) is 0. The number of fused-ring (bicyclic) bond motifs is 1. The highest BCUT2D eigenvalue weighted by Gasteiger charge is 2.31. The Morgan fingerprint density at radius 2 is 2.00 bits per heavy atom. The van der Waals surface area contributed by atoms with Crippen molar-refractivity contribution in [2.45, 2.75) is 18.9 Å². The molecule has 4 nitrogen and oxygen atoms in total. The number of hydrogen-bond acceptors (Lipinski definition) is 3. The summed E-state index contributed by atoms with van der Waals surface area (Å²) in [5.74, 6) is 1.16. The molecule has 1 amide bonds. The van der Waals surface area contributed by atoms with E-state index in [4.69, 9.17) is 10.5 Å². The summed E-state index contributed by atoms with van der Waals surface area (Å²) >= 11 is 0. The Morgan fingerprint density at radius 1 is 1.24 bits per heavy atom. The van der Waals surface area contributed by atoms with Crippen molar-refractivity contribution < 1.29 is 9.53 Å². The van der Waals surface area contributed by atoms with E-state index in [-0.39, 0.29) is 18.6 Å². The third-order valence-electron chi connectivity index (χ3n) is 3.88. The van der Waals surface area contributed by atoms with E-state index in [9.17, 15) is 4.79 Å². The Balaban J connectivity index is 1.56. The Kier molecular flexibility index (Phi) is 4.06. The summed E-state index contributed by atoms with van der Waals surface area (Å²) in [5, 5.41) is 5.21. The van der Waals surface area contributed by atoms with Gasteiger partial charge in [0.1, 0.15) is 5.75 Å². The van der Waals surface area contributed by atoms with Crippen LogP contribution in [0.25, 0.3) is 10.8 Å². The molecule has 4 heteroatoms. The van der Waals surface area contributed by atoms with E-state index >= 15 is 0 Å². The number of hydrogen-bond donors (Lipinski definition) is 2. The van der Waals surface area contributed by atoms with Gasteiger partial charge in [-0.3, -0.25) is 4.79 Å². The zero-order chi connectivity index (χ0) is 14.7. The van der Waals surface area contributed by atoms with Crippen molar-refractivity contribution in [3.8, 4) is 5.75 Å². The molecule has 0 spiro atoms. The molecule has 1 atom stereocenters. The van der Waals surface area contributed by atoms with Crippen molar-refractivity contribution in [1.29, 1.82) is 0 Å². The summed E-state index contributed by atoms with van der Waals surface area (Å²) in [4.78, 5) is 11.9. The monoisotopic (exact) mass is 284 g/mol. The number of nitrogens with one attached hydrogen (secondary N) is 1. The zero-order valence-corrected chi connectivity index (χ0v) is 11.9. The molecule has 2 aromatic carbocycles. The highest BCUT2D eigenvalue weighted by atomic mass is 16.5. The molecule has 3 rings (SSSR count). The van der Waals surface area contributed by atoms with Crippen LogP contribution in [0, 0.1) is 5.92 Å². The minimum absolute atomic E-state index is 0.0293. The third kappa shape index (κ3) is 3.52.